The number of rotatable bonds is 3. The van der Waals surface area contributed by atoms with Crippen LogP contribution < -0.4 is 0 Å². The SMILES string of the molecule is Cc1ccc(CC2CCCN(C(=O)c3cccn3C)C2)cn1. The van der Waals surface area contributed by atoms with Crippen molar-refractivity contribution in [2.45, 2.75) is 26.2 Å². The maximum absolute atomic E-state index is 12.6. The van der Waals surface area contributed by atoms with Crippen molar-refractivity contribution in [1.82, 2.24) is 14.5 Å². The van der Waals surface area contributed by atoms with Crippen LogP contribution in [0.2, 0.25) is 0 Å². The van der Waals surface area contributed by atoms with Gasteiger partial charge < -0.3 is 9.47 Å². The van der Waals surface area contributed by atoms with E-state index in [1.165, 1.54) is 12.0 Å². The van der Waals surface area contributed by atoms with Gasteiger partial charge in [-0.2, -0.15) is 0 Å². The molecule has 4 nitrogen and oxygen atoms in total. The molecule has 1 atom stereocenters. The van der Waals surface area contributed by atoms with Crippen molar-refractivity contribution < 1.29 is 4.79 Å². The average Bonchev–Trinajstić information content (AvgIpc) is 2.95. The minimum absolute atomic E-state index is 0.152. The average molecular weight is 297 g/mol. The quantitative estimate of drug-likeness (QED) is 0.873. The standard InChI is InChI=1S/C18H23N3O/c1-14-7-8-15(12-19-14)11-16-5-3-10-21(13-16)18(22)17-6-4-9-20(17)2/h4,6-9,12,16H,3,5,10-11,13H2,1-2H3. The summed E-state index contributed by atoms with van der Waals surface area (Å²) in [6.07, 6.45) is 7.16. The van der Waals surface area contributed by atoms with Crippen molar-refractivity contribution in [3.8, 4) is 0 Å². The molecule has 0 aliphatic carbocycles. The summed E-state index contributed by atoms with van der Waals surface area (Å²) in [5.74, 6) is 0.682. The van der Waals surface area contributed by atoms with Crippen LogP contribution in [0.5, 0.6) is 0 Å². The van der Waals surface area contributed by atoms with Crippen LogP contribution in [-0.4, -0.2) is 33.4 Å². The Morgan fingerprint density at radius 2 is 2.23 bits per heavy atom. The number of nitrogens with zero attached hydrogens (tertiary/aromatic N) is 3. The van der Waals surface area contributed by atoms with Gasteiger partial charge in [0.15, 0.2) is 0 Å². The number of pyridine rings is 1. The molecule has 3 rings (SSSR count). The van der Waals surface area contributed by atoms with Gasteiger partial charge in [0.2, 0.25) is 0 Å². The maximum Gasteiger partial charge on any atom is 0.270 e. The van der Waals surface area contributed by atoms with Crippen molar-refractivity contribution >= 4 is 5.91 Å². The summed E-state index contributed by atoms with van der Waals surface area (Å²) in [4.78, 5) is 19.0. The van der Waals surface area contributed by atoms with E-state index in [4.69, 9.17) is 0 Å². The molecule has 1 aliphatic heterocycles. The molecule has 4 heteroatoms. The number of piperidine rings is 1. The Morgan fingerprint density at radius 3 is 2.91 bits per heavy atom. The fourth-order valence-corrected chi connectivity index (χ4v) is 3.21. The normalized spacial score (nSPS) is 18.5. The smallest absolute Gasteiger partial charge is 0.270 e. The summed E-state index contributed by atoms with van der Waals surface area (Å²) >= 11 is 0. The Kier molecular flexibility index (Phi) is 4.27. The van der Waals surface area contributed by atoms with Crippen LogP contribution >= 0.6 is 0 Å². The molecule has 22 heavy (non-hydrogen) atoms. The Bertz CT molecular complexity index is 645. The van der Waals surface area contributed by atoms with Gasteiger partial charge in [0.05, 0.1) is 0 Å². The molecular formula is C18H23N3O. The molecule has 1 aliphatic rings. The number of amides is 1. The first kappa shape index (κ1) is 14.8. The van der Waals surface area contributed by atoms with Gasteiger partial charge in [-0.3, -0.25) is 9.78 Å². The van der Waals surface area contributed by atoms with E-state index >= 15 is 0 Å². The lowest BCUT2D eigenvalue weighted by Crippen LogP contribution is -2.41. The number of hydrogen-bond donors (Lipinski definition) is 0. The molecule has 2 aromatic rings. The molecule has 1 fully saturated rings. The van der Waals surface area contributed by atoms with Gasteiger partial charge in [-0.25, -0.2) is 0 Å². The summed E-state index contributed by atoms with van der Waals surface area (Å²) < 4.78 is 1.90. The number of hydrogen-bond acceptors (Lipinski definition) is 2. The van der Waals surface area contributed by atoms with Crippen LogP contribution in [0.3, 0.4) is 0 Å². The van der Waals surface area contributed by atoms with Gasteiger partial charge in [0, 0.05) is 38.2 Å². The highest BCUT2D eigenvalue weighted by Gasteiger charge is 2.25. The highest BCUT2D eigenvalue weighted by molar-refractivity contribution is 5.92. The first-order valence-electron chi connectivity index (χ1n) is 7.95. The fourth-order valence-electron chi connectivity index (χ4n) is 3.21. The second kappa shape index (κ2) is 6.34. The van der Waals surface area contributed by atoms with Crippen molar-refractivity contribution in [2.75, 3.05) is 13.1 Å². The van der Waals surface area contributed by atoms with E-state index in [-0.39, 0.29) is 5.91 Å². The van der Waals surface area contributed by atoms with Crippen molar-refractivity contribution in [1.29, 1.82) is 0 Å². The van der Waals surface area contributed by atoms with Crippen LogP contribution in [0.1, 0.15) is 34.6 Å². The third-order valence-electron chi connectivity index (χ3n) is 4.47. The monoisotopic (exact) mass is 297 g/mol. The van der Waals surface area contributed by atoms with Gasteiger partial charge >= 0.3 is 0 Å². The molecule has 3 heterocycles. The van der Waals surface area contributed by atoms with Gasteiger partial charge in [0.1, 0.15) is 5.69 Å². The minimum atomic E-state index is 0.152. The molecule has 2 aromatic heterocycles. The molecule has 0 saturated carbocycles. The summed E-state index contributed by atoms with van der Waals surface area (Å²) in [6.45, 7) is 3.72. The molecule has 1 unspecified atom stereocenters. The van der Waals surface area contributed by atoms with Crippen LogP contribution in [0.25, 0.3) is 0 Å². The van der Waals surface area contributed by atoms with E-state index in [9.17, 15) is 4.79 Å². The lowest BCUT2D eigenvalue weighted by atomic mass is 9.91. The lowest BCUT2D eigenvalue weighted by Gasteiger charge is -2.33. The third-order valence-corrected chi connectivity index (χ3v) is 4.47. The largest absolute Gasteiger partial charge is 0.347 e. The maximum atomic E-state index is 12.6. The van der Waals surface area contributed by atoms with Crippen LogP contribution in [0.15, 0.2) is 36.7 Å². The third kappa shape index (κ3) is 3.21. The van der Waals surface area contributed by atoms with Crippen LogP contribution in [-0.2, 0) is 13.5 Å². The van der Waals surface area contributed by atoms with E-state index in [0.717, 1.165) is 37.3 Å². The Balaban J connectivity index is 1.65. The number of carbonyl (C=O) groups is 1. The molecule has 1 amide bonds. The number of aryl methyl sites for hydroxylation is 2. The highest BCUT2D eigenvalue weighted by atomic mass is 16.2. The van der Waals surface area contributed by atoms with E-state index in [2.05, 4.69) is 17.1 Å². The van der Waals surface area contributed by atoms with E-state index in [1.807, 2.05) is 48.0 Å². The Labute approximate surface area is 131 Å². The number of carbonyl (C=O) groups excluding carboxylic acids is 1. The molecule has 0 N–H and O–H groups in total. The molecule has 0 aromatic carbocycles. The van der Waals surface area contributed by atoms with E-state index < -0.39 is 0 Å². The predicted octanol–water partition coefficient (Wildman–Crippen LogP) is 2.82. The summed E-state index contributed by atoms with van der Waals surface area (Å²) in [5.41, 5.74) is 3.09. The first-order chi connectivity index (χ1) is 10.6. The Hall–Kier alpha value is -2.10. The second-order valence-electron chi connectivity index (χ2n) is 6.28. The zero-order valence-corrected chi connectivity index (χ0v) is 13.3. The number of likely N-dealkylation sites (tertiary alicyclic amines) is 1. The van der Waals surface area contributed by atoms with Gasteiger partial charge in [-0.1, -0.05) is 6.07 Å². The van der Waals surface area contributed by atoms with Gasteiger partial charge in [-0.05, 0) is 55.9 Å². The van der Waals surface area contributed by atoms with Crippen molar-refractivity contribution in [3.05, 3.63) is 53.6 Å². The van der Waals surface area contributed by atoms with Crippen LogP contribution in [0, 0.1) is 12.8 Å². The zero-order valence-electron chi connectivity index (χ0n) is 13.3. The zero-order chi connectivity index (χ0) is 15.5. The Morgan fingerprint density at radius 1 is 1.36 bits per heavy atom. The highest BCUT2D eigenvalue weighted by Crippen LogP contribution is 2.22. The van der Waals surface area contributed by atoms with Crippen molar-refractivity contribution in [2.24, 2.45) is 13.0 Å². The van der Waals surface area contributed by atoms with E-state index in [1.54, 1.807) is 0 Å². The van der Waals surface area contributed by atoms with Crippen molar-refractivity contribution in [3.63, 3.8) is 0 Å². The second-order valence-corrected chi connectivity index (χ2v) is 6.28. The fraction of sp³-hybridized carbons (Fsp3) is 0.444. The van der Waals surface area contributed by atoms with E-state index in [0.29, 0.717) is 5.92 Å². The van der Waals surface area contributed by atoms with Crippen LogP contribution in [0.4, 0.5) is 0 Å². The summed E-state index contributed by atoms with van der Waals surface area (Å²) in [6, 6.07) is 8.04. The summed E-state index contributed by atoms with van der Waals surface area (Å²) in [7, 11) is 1.92. The first-order valence-corrected chi connectivity index (χ1v) is 7.95. The minimum Gasteiger partial charge on any atom is -0.347 e. The molecular weight excluding hydrogens is 274 g/mol. The molecule has 116 valence electrons. The topological polar surface area (TPSA) is 38.1 Å². The predicted molar refractivity (Wildman–Crippen MR) is 86.7 cm³/mol. The lowest BCUT2D eigenvalue weighted by molar-refractivity contribution is 0.0663. The van der Waals surface area contributed by atoms with Gasteiger partial charge in [0.25, 0.3) is 5.91 Å². The molecule has 0 bridgehead atoms. The molecule has 0 radical (unpaired) electrons. The van der Waals surface area contributed by atoms with Gasteiger partial charge in [-0.15, -0.1) is 0 Å². The molecule has 1 saturated heterocycles. The molecule has 0 spiro atoms. The summed E-state index contributed by atoms with van der Waals surface area (Å²) in [5, 5.41) is 0. The number of aromatic nitrogens is 2.